The van der Waals surface area contributed by atoms with Crippen molar-refractivity contribution in [3.8, 4) is 0 Å². The Labute approximate surface area is 231 Å². The van der Waals surface area contributed by atoms with Gasteiger partial charge in [0, 0.05) is 0 Å². The molecule has 0 radical (unpaired) electrons. The van der Waals surface area contributed by atoms with Gasteiger partial charge in [0.05, 0.1) is 12.0 Å². The summed E-state index contributed by atoms with van der Waals surface area (Å²) in [7, 11) is 0. The molecule has 0 bridgehead atoms. The smallest absolute Gasteiger partial charge is 0.312 e. The Balaban J connectivity index is 1.60. The van der Waals surface area contributed by atoms with E-state index in [0.29, 0.717) is 6.61 Å². The third-order valence-corrected chi connectivity index (χ3v) is 11.2. The number of unbranched alkanes of at least 4 members (excludes halogenated alkanes) is 10. The van der Waals surface area contributed by atoms with Gasteiger partial charge in [-0.15, -0.1) is 0 Å². The predicted octanol–water partition coefficient (Wildman–Crippen LogP) is 11.3. The van der Waals surface area contributed by atoms with Crippen LogP contribution < -0.4 is 0 Å². The van der Waals surface area contributed by atoms with Gasteiger partial charge in [-0.1, -0.05) is 136 Å². The summed E-state index contributed by atoms with van der Waals surface area (Å²) in [6.45, 7) is 5.26. The van der Waals surface area contributed by atoms with Gasteiger partial charge in [0.15, 0.2) is 0 Å². The van der Waals surface area contributed by atoms with E-state index in [0.717, 1.165) is 31.1 Å². The highest BCUT2D eigenvalue weighted by atomic mass is 16.5. The quantitative estimate of drug-likeness (QED) is 0.142. The second kappa shape index (κ2) is 17.2. The van der Waals surface area contributed by atoms with Crippen molar-refractivity contribution in [2.24, 2.45) is 22.7 Å². The molecule has 0 spiro atoms. The molecule has 3 saturated carbocycles. The Hall–Kier alpha value is -0.530. The highest BCUT2D eigenvalue weighted by Gasteiger charge is 2.57. The second-order valence-corrected chi connectivity index (χ2v) is 13.6. The average molecular weight is 517 g/mol. The van der Waals surface area contributed by atoms with E-state index in [2.05, 4.69) is 13.8 Å². The number of rotatable bonds is 17. The maximum Gasteiger partial charge on any atom is 0.312 e. The van der Waals surface area contributed by atoms with Crippen molar-refractivity contribution in [2.75, 3.05) is 6.61 Å². The summed E-state index contributed by atoms with van der Waals surface area (Å²) in [5.74, 6) is 2.13. The fraction of sp³-hybridized carbons (Fsp3) is 0.971. The van der Waals surface area contributed by atoms with Crippen LogP contribution in [0.3, 0.4) is 0 Å². The van der Waals surface area contributed by atoms with Gasteiger partial charge in [-0.05, 0) is 68.6 Å². The molecule has 0 N–H and O–H groups in total. The molecule has 3 rings (SSSR count). The maximum absolute atomic E-state index is 14.1. The standard InChI is InChI=1S/C35H64O2/c1-3-5-7-9-10-11-12-20-30-37-33(36)35(26-18-14-19-27-35)34(25-17-8-6-4-2)28-23-32(24-29-34)31-21-15-13-16-22-31/h31-32H,3-30H2,1-2H3. The van der Waals surface area contributed by atoms with Gasteiger partial charge < -0.3 is 4.74 Å². The van der Waals surface area contributed by atoms with E-state index >= 15 is 0 Å². The van der Waals surface area contributed by atoms with Crippen LogP contribution in [0.2, 0.25) is 0 Å². The van der Waals surface area contributed by atoms with Crippen LogP contribution in [0.15, 0.2) is 0 Å². The van der Waals surface area contributed by atoms with Gasteiger partial charge in [0.1, 0.15) is 0 Å². The van der Waals surface area contributed by atoms with Crippen LogP contribution in [-0.2, 0) is 9.53 Å². The van der Waals surface area contributed by atoms with Crippen LogP contribution in [0.1, 0.15) is 187 Å². The lowest BCUT2D eigenvalue weighted by Gasteiger charge is -2.55. The molecule has 0 aromatic rings. The fourth-order valence-corrected chi connectivity index (χ4v) is 8.77. The zero-order valence-corrected chi connectivity index (χ0v) is 25.3. The zero-order valence-electron chi connectivity index (χ0n) is 25.3. The van der Waals surface area contributed by atoms with E-state index in [-0.39, 0.29) is 16.8 Å². The van der Waals surface area contributed by atoms with Crippen LogP contribution in [-0.4, -0.2) is 12.6 Å². The summed E-state index contributed by atoms with van der Waals surface area (Å²) in [4.78, 5) is 14.1. The number of hydrogen-bond acceptors (Lipinski definition) is 2. The van der Waals surface area contributed by atoms with Crippen LogP contribution in [0.4, 0.5) is 0 Å². The maximum atomic E-state index is 14.1. The van der Waals surface area contributed by atoms with E-state index in [1.165, 1.54) is 154 Å². The van der Waals surface area contributed by atoms with Crippen molar-refractivity contribution in [2.45, 2.75) is 187 Å². The van der Waals surface area contributed by atoms with E-state index in [1.54, 1.807) is 0 Å². The number of carbonyl (C=O) groups is 1. The first-order valence-electron chi connectivity index (χ1n) is 17.3. The zero-order chi connectivity index (χ0) is 26.2. The molecular formula is C35H64O2. The number of hydrogen-bond donors (Lipinski definition) is 0. The molecule has 3 fully saturated rings. The van der Waals surface area contributed by atoms with Crippen molar-refractivity contribution < 1.29 is 9.53 Å². The molecule has 0 aliphatic heterocycles. The van der Waals surface area contributed by atoms with Crippen molar-refractivity contribution >= 4 is 5.97 Å². The monoisotopic (exact) mass is 516 g/mol. The molecule has 216 valence electrons. The average Bonchev–Trinajstić information content (AvgIpc) is 2.95. The van der Waals surface area contributed by atoms with Gasteiger partial charge in [0.25, 0.3) is 0 Å². The van der Waals surface area contributed by atoms with Crippen LogP contribution in [0.5, 0.6) is 0 Å². The number of carbonyl (C=O) groups excluding carboxylic acids is 1. The van der Waals surface area contributed by atoms with E-state index in [9.17, 15) is 4.79 Å². The Morgan fingerprint density at radius 2 is 1.11 bits per heavy atom. The first-order chi connectivity index (χ1) is 18.2. The van der Waals surface area contributed by atoms with Crippen molar-refractivity contribution in [1.29, 1.82) is 0 Å². The van der Waals surface area contributed by atoms with Crippen LogP contribution in [0.25, 0.3) is 0 Å². The summed E-state index contributed by atoms with van der Waals surface area (Å²) >= 11 is 0. The Bertz CT molecular complexity index is 590. The largest absolute Gasteiger partial charge is 0.465 e. The van der Waals surface area contributed by atoms with Gasteiger partial charge >= 0.3 is 5.97 Å². The van der Waals surface area contributed by atoms with Crippen LogP contribution >= 0.6 is 0 Å². The minimum absolute atomic E-state index is 0.185. The summed E-state index contributed by atoms with van der Waals surface area (Å²) < 4.78 is 6.24. The molecular weight excluding hydrogens is 452 g/mol. The summed E-state index contributed by atoms with van der Waals surface area (Å²) in [5.41, 5.74) is 0.0256. The van der Waals surface area contributed by atoms with Gasteiger partial charge in [-0.3, -0.25) is 4.79 Å². The molecule has 0 heterocycles. The first-order valence-corrected chi connectivity index (χ1v) is 17.3. The third-order valence-electron chi connectivity index (χ3n) is 11.2. The molecule has 0 amide bonds. The summed E-state index contributed by atoms with van der Waals surface area (Å²) in [6, 6.07) is 0. The van der Waals surface area contributed by atoms with Gasteiger partial charge in [0.2, 0.25) is 0 Å². The topological polar surface area (TPSA) is 26.3 Å². The minimum atomic E-state index is -0.185. The van der Waals surface area contributed by atoms with E-state index in [4.69, 9.17) is 4.74 Å². The van der Waals surface area contributed by atoms with E-state index < -0.39 is 0 Å². The summed E-state index contributed by atoms with van der Waals surface area (Å²) in [6.07, 6.45) is 35.6. The Morgan fingerprint density at radius 3 is 1.73 bits per heavy atom. The van der Waals surface area contributed by atoms with E-state index in [1.807, 2.05) is 0 Å². The lowest BCUT2D eigenvalue weighted by molar-refractivity contribution is -0.175. The highest BCUT2D eigenvalue weighted by molar-refractivity contribution is 5.78. The molecule has 2 nitrogen and oxygen atoms in total. The Kier molecular flexibility index (Phi) is 14.4. The van der Waals surface area contributed by atoms with Gasteiger partial charge in [-0.2, -0.15) is 0 Å². The lowest BCUT2D eigenvalue weighted by Crippen LogP contribution is -2.52. The molecule has 37 heavy (non-hydrogen) atoms. The molecule has 0 unspecified atom stereocenters. The van der Waals surface area contributed by atoms with Crippen molar-refractivity contribution in [3.05, 3.63) is 0 Å². The van der Waals surface area contributed by atoms with Crippen LogP contribution in [0, 0.1) is 22.7 Å². The number of esters is 1. The molecule has 3 aliphatic carbocycles. The Morgan fingerprint density at radius 1 is 0.595 bits per heavy atom. The molecule has 3 aliphatic rings. The van der Waals surface area contributed by atoms with Crippen molar-refractivity contribution in [3.63, 3.8) is 0 Å². The van der Waals surface area contributed by atoms with Crippen molar-refractivity contribution in [1.82, 2.24) is 0 Å². The number of ether oxygens (including phenoxy) is 1. The third kappa shape index (κ3) is 8.99. The molecule has 2 heteroatoms. The SMILES string of the molecule is CCCCCCCCCCOC(=O)C1(C2(CCCCCC)CCC(C3CCCCC3)CC2)CCCCC1. The van der Waals surface area contributed by atoms with Gasteiger partial charge in [-0.25, -0.2) is 0 Å². The fourth-order valence-electron chi connectivity index (χ4n) is 8.77. The highest BCUT2D eigenvalue weighted by Crippen LogP contribution is 2.61. The first kappa shape index (κ1) is 31.0. The lowest BCUT2D eigenvalue weighted by atomic mass is 9.49. The molecule has 0 aromatic carbocycles. The normalized spacial score (nSPS) is 26.7. The summed E-state index contributed by atoms with van der Waals surface area (Å²) in [5, 5.41) is 0. The molecule has 0 aromatic heterocycles. The second-order valence-electron chi connectivity index (χ2n) is 13.6. The molecule has 0 saturated heterocycles. The minimum Gasteiger partial charge on any atom is -0.465 e. The predicted molar refractivity (Wildman–Crippen MR) is 159 cm³/mol. The molecule has 0 atom stereocenters.